The summed E-state index contributed by atoms with van der Waals surface area (Å²) in [4.78, 5) is 13.2. The molecule has 1 atom stereocenters. The van der Waals surface area contributed by atoms with E-state index in [9.17, 15) is 4.79 Å². The van der Waals surface area contributed by atoms with Crippen molar-refractivity contribution in [2.45, 2.75) is 42.9 Å². The minimum absolute atomic E-state index is 0.0427. The average molecular weight is 345 g/mol. The topological polar surface area (TPSA) is 55.1 Å². The van der Waals surface area contributed by atoms with Crippen LogP contribution < -0.4 is 11.1 Å². The molecular formula is C14H21BrN2OS. The van der Waals surface area contributed by atoms with Crippen LogP contribution >= 0.6 is 27.7 Å². The normalized spacial score (nSPS) is 13.1. The molecule has 0 saturated carbocycles. The van der Waals surface area contributed by atoms with Gasteiger partial charge in [-0.05, 0) is 51.5 Å². The SMILES string of the molecule is CC(N)CCNC(=O)C(C)(C)Sc1ccc(Br)cc1. The molecule has 0 radical (unpaired) electrons. The zero-order chi connectivity index (χ0) is 14.5. The van der Waals surface area contributed by atoms with Crippen LogP contribution in [0.3, 0.4) is 0 Å². The van der Waals surface area contributed by atoms with E-state index in [1.807, 2.05) is 45.0 Å². The molecule has 1 amide bonds. The number of hydrogen-bond acceptors (Lipinski definition) is 3. The highest BCUT2D eigenvalue weighted by molar-refractivity contribution is 9.10. The van der Waals surface area contributed by atoms with E-state index in [0.717, 1.165) is 15.8 Å². The fraction of sp³-hybridized carbons (Fsp3) is 0.500. The molecule has 1 aromatic rings. The molecule has 106 valence electrons. The van der Waals surface area contributed by atoms with E-state index in [0.29, 0.717) is 6.54 Å². The maximum Gasteiger partial charge on any atom is 0.236 e. The first-order valence-electron chi connectivity index (χ1n) is 6.30. The van der Waals surface area contributed by atoms with Gasteiger partial charge >= 0.3 is 0 Å². The van der Waals surface area contributed by atoms with Crippen LogP contribution in [-0.4, -0.2) is 23.2 Å². The van der Waals surface area contributed by atoms with Crippen molar-refractivity contribution in [3.05, 3.63) is 28.7 Å². The summed E-state index contributed by atoms with van der Waals surface area (Å²) in [7, 11) is 0. The molecule has 0 aliphatic rings. The molecule has 1 unspecified atom stereocenters. The molecule has 0 aromatic heterocycles. The largest absolute Gasteiger partial charge is 0.355 e. The maximum atomic E-state index is 12.1. The number of carbonyl (C=O) groups is 1. The van der Waals surface area contributed by atoms with E-state index >= 15 is 0 Å². The lowest BCUT2D eigenvalue weighted by molar-refractivity contribution is -0.122. The van der Waals surface area contributed by atoms with Crippen LogP contribution in [0.15, 0.2) is 33.6 Å². The van der Waals surface area contributed by atoms with Gasteiger partial charge in [0.25, 0.3) is 0 Å². The van der Waals surface area contributed by atoms with Crippen molar-refractivity contribution in [3.8, 4) is 0 Å². The Morgan fingerprint density at radius 3 is 2.53 bits per heavy atom. The molecule has 1 rings (SSSR count). The number of hydrogen-bond donors (Lipinski definition) is 2. The monoisotopic (exact) mass is 344 g/mol. The van der Waals surface area contributed by atoms with Gasteiger partial charge in [-0.25, -0.2) is 0 Å². The predicted octanol–water partition coefficient (Wildman–Crippen LogP) is 3.17. The van der Waals surface area contributed by atoms with E-state index in [1.54, 1.807) is 11.8 Å². The molecule has 3 nitrogen and oxygen atoms in total. The molecule has 0 bridgehead atoms. The van der Waals surface area contributed by atoms with Gasteiger partial charge in [0.1, 0.15) is 0 Å². The number of benzene rings is 1. The van der Waals surface area contributed by atoms with Gasteiger partial charge in [0, 0.05) is 22.0 Å². The lowest BCUT2D eigenvalue weighted by atomic mass is 10.2. The number of halogens is 1. The van der Waals surface area contributed by atoms with Crippen LogP contribution in [0.25, 0.3) is 0 Å². The third kappa shape index (κ3) is 5.97. The van der Waals surface area contributed by atoms with E-state index in [2.05, 4.69) is 21.2 Å². The zero-order valence-electron chi connectivity index (χ0n) is 11.6. The fourth-order valence-electron chi connectivity index (χ4n) is 1.47. The maximum absolute atomic E-state index is 12.1. The Labute approximate surface area is 127 Å². The first-order valence-corrected chi connectivity index (χ1v) is 7.90. The van der Waals surface area contributed by atoms with Crippen molar-refractivity contribution in [3.63, 3.8) is 0 Å². The second-order valence-electron chi connectivity index (χ2n) is 5.09. The van der Waals surface area contributed by atoms with Crippen molar-refractivity contribution in [1.29, 1.82) is 0 Å². The van der Waals surface area contributed by atoms with E-state index in [1.165, 1.54) is 0 Å². The molecule has 0 fully saturated rings. The Morgan fingerprint density at radius 1 is 1.42 bits per heavy atom. The molecule has 0 spiro atoms. The number of rotatable bonds is 6. The molecule has 0 saturated heterocycles. The molecular weight excluding hydrogens is 324 g/mol. The summed E-state index contributed by atoms with van der Waals surface area (Å²) in [5, 5.41) is 2.94. The third-order valence-electron chi connectivity index (χ3n) is 2.62. The van der Waals surface area contributed by atoms with Crippen molar-refractivity contribution < 1.29 is 4.79 Å². The number of nitrogens with one attached hydrogen (secondary N) is 1. The Morgan fingerprint density at radius 2 is 2.00 bits per heavy atom. The Bertz CT molecular complexity index is 418. The lowest BCUT2D eigenvalue weighted by Crippen LogP contribution is -2.41. The van der Waals surface area contributed by atoms with Gasteiger partial charge in [-0.2, -0.15) is 0 Å². The van der Waals surface area contributed by atoms with Crippen LogP contribution in [0.1, 0.15) is 27.2 Å². The van der Waals surface area contributed by atoms with Gasteiger partial charge in [-0.1, -0.05) is 15.9 Å². The number of nitrogens with two attached hydrogens (primary N) is 1. The second-order valence-corrected chi connectivity index (χ2v) is 7.70. The third-order valence-corrected chi connectivity index (χ3v) is 4.35. The lowest BCUT2D eigenvalue weighted by Gasteiger charge is -2.23. The average Bonchev–Trinajstić information content (AvgIpc) is 2.31. The van der Waals surface area contributed by atoms with Gasteiger partial charge in [0.2, 0.25) is 5.91 Å². The predicted molar refractivity (Wildman–Crippen MR) is 85.4 cm³/mol. The van der Waals surface area contributed by atoms with Gasteiger partial charge in [-0.15, -0.1) is 11.8 Å². The molecule has 0 aliphatic heterocycles. The molecule has 0 aliphatic carbocycles. The highest BCUT2D eigenvalue weighted by Gasteiger charge is 2.28. The van der Waals surface area contributed by atoms with E-state index in [-0.39, 0.29) is 11.9 Å². The van der Waals surface area contributed by atoms with Crippen molar-refractivity contribution >= 4 is 33.6 Å². The van der Waals surface area contributed by atoms with Crippen LogP contribution in [0.2, 0.25) is 0 Å². The van der Waals surface area contributed by atoms with E-state index in [4.69, 9.17) is 5.73 Å². The van der Waals surface area contributed by atoms with Crippen molar-refractivity contribution in [1.82, 2.24) is 5.32 Å². The standard InChI is InChI=1S/C14H21BrN2OS/c1-10(16)8-9-17-13(18)14(2,3)19-12-6-4-11(15)5-7-12/h4-7,10H,8-9,16H2,1-3H3,(H,17,18). The molecule has 5 heteroatoms. The number of carbonyl (C=O) groups excluding carboxylic acids is 1. The summed E-state index contributed by atoms with van der Waals surface area (Å²) in [6.45, 7) is 6.43. The number of thioether (sulfide) groups is 1. The summed E-state index contributed by atoms with van der Waals surface area (Å²) in [5.74, 6) is 0.0427. The minimum atomic E-state index is -0.494. The molecule has 3 N–H and O–H groups in total. The van der Waals surface area contributed by atoms with E-state index < -0.39 is 4.75 Å². The highest BCUT2D eigenvalue weighted by atomic mass is 79.9. The van der Waals surface area contributed by atoms with Gasteiger partial charge in [0.15, 0.2) is 0 Å². The molecule has 19 heavy (non-hydrogen) atoms. The summed E-state index contributed by atoms with van der Waals surface area (Å²) in [6, 6.07) is 8.08. The Hall–Kier alpha value is -0.520. The summed E-state index contributed by atoms with van der Waals surface area (Å²) in [6.07, 6.45) is 0.796. The summed E-state index contributed by atoms with van der Waals surface area (Å²) in [5.41, 5.74) is 5.66. The Balaban J connectivity index is 2.54. The van der Waals surface area contributed by atoms with Crippen LogP contribution in [0, 0.1) is 0 Å². The van der Waals surface area contributed by atoms with Gasteiger partial charge in [0.05, 0.1) is 4.75 Å². The van der Waals surface area contributed by atoms with Crippen molar-refractivity contribution in [2.75, 3.05) is 6.54 Å². The Kier molecular flexibility index (Phi) is 6.36. The van der Waals surface area contributed by atoms with Gasteiger partial charge < -0.3 is 11.1 Å². The second kappa shape index (κ2) is 7.31. The zero-order valence-corrected chi connectivity index (χ0v) is 14.0. The first kappa shape index (κ1) is 16.5. The highest BCUT2D eigenvalue weighted by Crippen LogP contribution is 2.33. The molecule has 0 heterocycles. The van der Waals surface area contributed by atoms with Gasteiger partial charge in [-0.3, -0.25) is 4.79 Å². The summed E-state index contributed by atoms with van der Waals surface area (Å²) >= 11 is 4.96. The van der Waals surface area contributed by atoms with Crippen LogP contribution in [0.5, 0.6) is 0 Å². The quantitative estimate of drug-likeness (QED) is 0.779. The van der Waals surface area contributed by atoms with Crippen LogP contribution in [-0.2, 0) is 4.79 Å². The summed E-state index contributed by atoms with van der Waals surface area (Å²) < 4.78 is 0.544. The first-order chi connectivity index (χ1) is 8.81. The smallest absolute Gasteiger partial charge is 0.236 e. The molecule has 1 aromatic carbocycles. The fourth-order valence-corrected chi connectivity index (χ4v) is 2.76. The van der Waals surface area contributed by atoms with Crippen LogP contribution in [0.4, 0.5) is 0 Å². The van der Waals surface area contributed by atoms with Crippen molar-refractivity contribution in [2.24, 2.45) is 5.73 Å². The minimum Gasteiger partial charge on any atom is -0.355 e. The number of amides is 1.